The quantitative estimate of drug-likeness (QED) is 0.0674. The number of para-hydroxylation sites is 6. The fraction of sp³-hybridized carbons (Fsp3) is 0.468. The first-order valence-corrected chi connectivity index (χ1v) is 42.0. The molecule has 0 unspecified atom stereocenters. The van der Waals surface area contributed by atoms with E-state index < -0.39 is 0 Å². The topological polar surface area (TPSA) is 243 Å². The smallest absolute Gasteiger partial charge is 0.255 e. The van der Waals surface area contributed by atoms with Crippen molar-refractivity contribution in [1.82, 2.24) is 0 Å². The fourth-order valence-electron chi connectivity index (χ4n) is 13.4. The monoisotopic (exact) mass is 1630 g/mol. The van der Waals surface area contributed by atoms with Crippen LogP contribution in [0.4, 0.5) is 11.4 Å². The van der Waals surface area contributed by atoms with Gasteiger partial charge in [0.2, 0.25) is 0 Å². The number of hydrogen-bond acceptors (Lipinski definition) is 22. The summed E-state index contributed by atoms with van der Waals surface area (Å²) in [5, 5.41) is 6.63. The van der Waals surface area contributed by atoms with E-state index in [9.17, 15) is 0 Å². The first kappa shape index (κ1) is 88.8. The molecular weight excluding hydrogens is 1510 g/mol. The van der Waals surface area contributed by atoms with Crippen LogP contribution in [0.25, 0.3) is 0 Å². The van der Waals surface area contributed by atoms with Gasteiger partial charge in [-0.15, -0.1) is 0 Å². The highest BCUT2D eigenvalue weighted by Crippen LogP contribution is 2.43. The van der Waals surface area contributed by atoms with Crippen molar-refractivity contribution in [2.75, 3.05) is 196 Å². The van der Waals surface area contributed by atoms with Gasteiger partial charge in [0.25, 0.3) is 11.8 Å². The molecule has 8 bridgehead atoms. The predicted octanol–water partition coefficient (Wildman–Crippen LogP) is 16.2. The molecule has 1 aliphatic carbocycles. The van der Waals surface area contributed by atoms with Gasteiger partial charge >= 0.3 is 0 Å². The van der Waals surface area contributed by atoms with Crippen LogP contribution >= 0.6 is 0 Å². The minimum atomic E-state index is -0.367. The van der Waals surface area contributed by atoms with Crippen molar-refractivity contribution in [2.45, 2.75) is 105 Å². The van der Waals surface area contributed by atoms with Gasteiger partial charge in [0.05, 0.1) is 132 Å². The van der Waals surface area contributed by atoms with Crippen molar-refractivity contribution in [3.05, 3.63) is 201 Å². The number of amides is 2. The van der Waals surface area contributed by atoms with Crippen LogP contribution in [0.1, 0.15) is 144 Å². The highest BCUT2D eigenvalue weighted by molar-refractivity contribution is 6.05. The summed E-state index contributed by atoms with van der Waals surface area (Å²) < 4.78 is 124. The Morgan fingerprint density at radius 3 is 0.720 bits per heavy atom. The molecule has 0 fully saturated rings. The maximum absolute atomic E-state index is 15.1. The summed E-state index contributed by atoms with van der Waals surface area (Å²) in [5.41, 5.74) is 8.88. The number of carbonyl (C=O) groups is 2. The number of anilines is 2. The molecule has 0 atom stereocenters. The van der Waals surface area contributed by atoms with Crippen LogP contribution in [0.2, 0.25) is 0 Å². The van der Waals surface area contributed by atoms with Crippen LogP contribution in [0.3, 0.4) is 0 Å². The molecule has 0 saturated carbocycles. The van der Waals surface area contributed by atoms with E-state index in [0.717, 1.165) is 119 Å². The molecule has 8 aromatic rings. The van der Waals surface area contributed by atoms with Crippen molar-refractivity contribution in [3.63, 3.8) is 0 Å². The van der Waals surface area contributed by atoms with Crippen LogP contribution in [0.15, 0.2) is 146 Å². The third kappa shape index (κ3) is 28.6. The Hall–Kier alpha value is -10.0. The fourth-order valence-corrected chi connectivity index (χ4v) is 13.4. The molecule has 118 heavy (non-hydrogen) atoms. The Balaban J connectivity index is 0.888. The van der Waals surface area contributed by atoms with Crippen LogP contribution in [0, 0.1) is 0 Å². The second-order valence-corrected chi connectivity index (χ2v) is 28.4. The van der Waals surface area contributed by atoms with Crippen molar-refractivity contribution in [3.8, 4) is 69.0 Å². The minimum absolute atomic E-state index is 0.166. The Morgan fingerprint density at radius 2 is 0.475 bits per heavy atom. The molecule has 0 aromatic heterocycles. The average molecular weight is 1630 g/mol. The minimum Gasteiger partial charge on any atom is -0.493 e. The number of hydrogen-bond donors (Lipinski definition) is 2. The zero-order valence-corrected chi connectivity index (χ0v) is 69.1. The second-order valence-electron chi connectivity index (χ2n) is 28.4. The maximum Gasteiger partial charge on any atom is 0.255 e. The summed E-state index contributed by atoms with van der Waals surface area (Å²) in [7, 11) is 0. The zero-order valence-electron chi connectivity index (χ0n) is 69.1. The molecule has 2 amide bonds. The third-order valence-corrected chi connectivity index (χ3v) is 19.3. The summed E-state index contributed by atoms with van der Waals surface area (Å²) in [6.07, 6.45) is 8.40. The number of unbranched alkanes of at least 4 members (excludes halogenated alkanes) is 4. The second kappa shape index (κ2) is 50.7. The van der Waals surface area contributed by atoms with E-state index in [4.69, 9.17) is 94.7 Å². The third-order valence-electron chi connectivity index (χ3n) is 19.3. The number of nitrogens with one attached hydrogen (secondary N) is 2. The Kier molecular flexibility index (Phi) is 38.1. The number of ether oxygens (including phenoxy) is 20. The molecule has 8 aromatic carbocycles. The van der Waals surface area contributed by atoms with E-state index in [0.29, 0.717) is 226 Å². The predicted molar refractivity (Wildman–Crippen MR) is 451 cm³/mol. The number of carbonyl (C=O) groups excluding carboxylic acids is 2. The molecule has 11 rings (SSSR count). The van der Waals surface area contributed by atoms with Crippen molar-refractivity contribution in [1.29, 1.82) is 0 Å². The lowest BCUT2D eigenvalue weighted by Gasteiger charge is -2.24. The van der Waals surface area contributed by atoms with Crippen LogP contribution in [-0.4, -0.2) is 197 Å². The van der Waals surface area contributed by atoms with E-state index in [2.05, 4.69) is 74.7 Å². The van der Waals surface area contributed by atoms with Crippen LogP contribution in [0.5, 0.6) is 69.0 Å². The molecule has 24 heteroatoms. The summed E-state index contributed by atoms with van der Waals surface area (Å²) >= 11 is 0. The SMILES string of the molecule is CCCCOc1c2cccc1Cc1cc(NC(=O)c3ccc4c(c3)OCCOCCOCCOc3ccccc3OCCOCCOCCO4)cc(c1OCCCC)Cc1cccc(c1OCCCC)Cc1cc(NC(=O)c3ccc4c(c3)OCCOCCOCCOc3ccccc3OCCOCCOCCO4)cc(c1OCCCC)C2. The lowest BCUT2D eigenvalue weighted by Crippen LogP contribution is -2.16. The van der Waals surface area contributed by atoms with E-state index in [1.165, 1.54) is 0 Å². The van der Waals surface area contributed by atoms with Crippen molar-refractivity contribution < 1.29 is 104 Å². The summed E-state index contributed by atoms with van der Waals surface area (Å²) in [6, 6.07) is 46.0. The average Bonchev–Trinajstić information content (AvgIpc) is 0.776. The normalized spacial score (nSPS) is 15.8. The van der Waals surface area contributed by atoms with Gasteiger partial charge in [-0.3, -0.25) is 9.59 Å². The molecule has 2 heterocycles. The van der Waals surface area contributed by atoms with Gasteiger partial charge in [-0.2, -0.15) is 0 Å². The number of rotatable bonds is 20. The molecule has 0 spiro atoms. The van der Waals surface area contributed by atoms with Gasteiger partial charge < -0.3 is 105 Å². The van der Waals surface area contributed by atoms with Crippen LogP contribution in [-0.2, 0) is 63.6 Å². The first-order chi connectivity index (χ1) is 58.2. The maximum atomic E-state index is 15.1. The molecule has 0 saturated heterocycles. The Labute approximate surface area is 694 Å². The molecule has 2 N–H and O–H groups in total. The van der Waals surface area contributed by atoms with Gasteiger partial charge in [0.1, 0.15) is 75.9 Å². The first-order valence-electron chi connectivity index (χ1n) is 42.0. The summed E-state index contributed by atoms with van der Waals surface area (Å²) in [4.78, 5) is 30.1. The lowest BCUT2D eigenvalue weighted by atomic mass is 9.90. The van der Waals surface area contributed by atoms with Crippen molar-refractivity contribution in [2.24, 2.45) is 0 Å². The van der Waals surface area contributed by atoms with E-state index in [1.807, 2.05) is 72.8 Å². The van der Waals surface area contributed by atoms with E-state index in [-0.39, 0.29) is 64.7 Å². The largest absolute Gasteiger partial charge is 0.493 e. The summed E-state index contributed by atoms with van der Waals surface area (Å²) in [5.74, 6) is 6.30. The van der Waals surface area contributed by atoms with Gasteiger partial charge in [-0.05, 0) is 133 Å². The van der Waals surface area contributed by atoms with E-state index >= 15 is 9.59 Å². The standard InChI is InChI=1S/C94H118N2O22/c1-5-9-31-115-89-69-19-17-20-70(89)60-76-64-80(96-94(98)74-28-30-86-88(68-74)114-58-50-106-42-40-102-46-54-110-84-26-16-14-24-82(84)108-52-44-100-36-38-104-48-56-112-86)66-78(92(76)118-34-12-8-4)62-72-22-18-21-71(90(72)116-32-10-6-2)61-77-65-79(63-75(59-69)91(77)117-33-11-7-3)95-93(97)73-27-29-85-87(67-73)113-57-49-105-41-39-101-45-53-109-83-25-15-13-23-81(83)107-51-43-99-35-37-103-47-55-111-85/h13-30,63-68H,5-12,31-62H2,1-4H3,(H,95,97)(H,96,98). The van der Waals surface area contributed by atoms with Gasteiger partial charge in [0, 0.05) is 70.4 Å². The number of fused-ring (bicyclic) bond motifs is 12. The van der Waals surface area contributed by atoms with Gasteiger partial charge in [-0.25, -0.2) is 0 Å². The van der Waals surface area contributed by atoms with Crippen molar-refractivity contribution >= 4 is 23.2 Å². The van der Waals surface area contributed by atoms with Gasteiger partial charge in [0.15, 0.2) is 46.0 Å². The highest BCUT2D eigenvalue weighted by atomic mass is 16.6. The Morgan fingerprint density at radius 1 is 0.254 bits per heavy atom. The van der Waals surface area contributed by atoms with Gasteiger partial charge in [-0.1, -0.05) is 114 Å². The number of benzene rings is 8. The molecule has 24 nitrogen and oxygen atoms in total. The molecule has 2 aliphatic heterocycles. The zero-order chi connectivity index (χ0) is 81.8. The van der Waals surface area contributed by atoms with Crippen LogP contribution < -0.4 is 67.5 Å². The summed E-state index contributed by atoms with van der Waals surface area (Å²) in [6.45, 7) is 17.8. The highest BCUT2D eigenvalue weighted by Gasteiger charge is 2.26. The molecule has 3 aliphatic rings. The van der Waals surface area contributed by atoms with E-state index in [1.54, 1.807) is 36.4 Å². The lowest BCUT2D eigenvalue weighted by molar-refractivity contribution is 0.0223. The molecule has 636 valence electrons. The Bertz CT molecular complexity index is 3980. The molecule has 0 radical (unpaired) electrons. The molecular formula is C94H118N2O22.